The molecule has 0 radical (unpaired) electrons. The second-order valence-electron chi connectivity index (χ2n) is 9.41. The van der Waals surface area contributed by atoms with E-state index in [4.69, 9.17) is 15.6 Å². The van der Waals surface area contributed by atoms with E-state index in [2.05, 4.69) is 55.9 Å². The van der Waals surface area contributed by atoms with Gasteiger partial charge in [0.1, 0.15) is 12.4 Å². The SMILES string of the molecule is CC#C[C@@H](CC(=O)O)c1ccc(OCc2ccc(CN3CCN(c4ncc(CCN)cn4)CC3)cc2)cc1. The van der Waals surface area contributed by atoms with Gasteiger partial charge in [-0.15, -0.1) is 5.92 Å². The van der Waals surface area contributed by atoms with Crippen molar-refractivity contribution >= 4 is 11.9 Å². The van der Waals surface area contributed by atoms with Crippen molar-refractivity contribution in [2.75, 3.05) is 37.6 Å². The molecule has 1 aliphatic heterocycles. The standard InChI is InChI=1S/C30H35N5O3/c1-2-3-27(18-29(36)37)26-8-10-28(11-9-26)38-22-24-6-4-23(5-7-24)21-34-14-16-35(17-15-34)30-32-19-25(12-13-31)20-33-30/h4-11,19-20,27H,12-18,21-22,31H2,1H3,(H,36,37)/t27-/m0/s1. The number of anilines is 1. The fraction of sp³-hybridized carbons (Fsp3) is 0.367. The van der Waals surface area contributed by atoms with Crippen molar-refractivity contribution in [1.29, 1.82) is 0 Å². The summed E-state index contributed by atoms with van der Waals surface area (Å²) in [6.07, 6.45) is 4.55. The van der Waals surface area contributed by atoms with Gasteiger partial charge in [0.25, 0.3) is 0 Å². The third-order valence-electron chi connectivity index (χ3n) is 6.59. The van der Waals surface area contributed by atoms with Crippen molar-refractivity contribution in [2.24, 2.45) is 5.73 Å². The lowest BCUT2D eigenvalue weighted by Gasteiger charge is -2.34. The molecule has 3 N–H and O–H groups in total. The van der Waals surface area contributed by atoms with Crippen LogP contribution in [0, 0.1) is 11.8 Å². The number of rotatable bonds is 11. The van der Waals surface area contributed by atoms with Gasteiger partial charge in [0.2, 0.25) is 5.95 Å². The van der Waals surface area contributed by atoms with E-state index in [1.807, 2.05) is 36.7 Å². The fourth-order valence-corrected chi connectivity index (χ4v) is 4.48. The monoisotopic (exact) mass is 513 g/mol. The molecule has 0 aliphatic carbocycles. The van der Waals surface area contributed by atoms with Gasteiger partial charge in [0.05, 0.1) is 12.3 Å². The first-order chi connectivity index (χ1) is 18.5. The van der Waals surface area contributed by atoms with Crippen LogP contribution in [0.1, 0.15) is 41.5 Å². The van der Waals surface area contributed by atoms with Gasteiger partial charge in [-0.05, 0) is 54.3 Å². The Morgan fingerprint density at radius 1 is 1.00 bits per heavy atom. The zero-order valence-electron chi connectivity index (χ0n) is 21.8. The van der Waals surface area contributed by atoms with Gasteiger partial charge in [0, 0.05) is 45.1 Å². The summed E-state index contributed by atoms with van der Waals surface area (Å²) in [6.45, 7) is 7.44. The Morgan fingerprint density at radius 3 is 2.26 bits per heavy atom. The molecule has 2 heterocycles. The van der Waals surface area contributed by atoms with Crippen LogP contribution in [0.5, 0.6) is 5.75 Å². The van der Waals surface area contributed by atoms with Crippen molar-refractivity contribution in [3.8, 4) is 17.6 Å². The minimum atomic E-state index is -0.858. The summed E-state index contributed by atoms with van der Waals surface area (Å²) in [5.74, 6) is 6.15. The zero-order valence-corrected chi connectivity index (χ0v) is 21.8. The van der Waals surface area contributed by atoms with Gasteiger partial charge in [-0.25, -0.2) is 9.97 Å². The van der Waals surface area contributed by atoms with E-state index in [9.17, 15) is 4.79 Å². The molecular weight excluding hydrogens is 478 g/mol. The Morgan fingerprint density at radius 2 is 1.66 bits per heavy atom. The lowest BCUT2D eigenvalue weighted by atomic mass is 9.96. The van der Waals surface area contributed by atoms with Crippen molar-refractivity contribution in [3.05, 3.63) is 83.2 Å². The molecule has 0 unspecified atom stereocenters. The van der Waals surface area contributed by atoms with E-state index >= 15 is 0 Å². The van der Waals surface area contributed by atoms with E-state index in [0.29, 0.717) is 13.2 Å². The molecule has 1 aromatic heterocycles. The normalized spacial score (nSPS) is 14.4. The van der Waals surface area contributed by atoms with Crippen molar-refractivity contribution < 1.29 is 14.6 Å². The quantitative estimate of drug-likeness (QED) is 0.376. The maximum Gasteiger partial charge on any atom is 0.304 e. The smallest absolute Gasteiger partial charge is 0.304 e. The summed E-state index contributed by atoms with van der Waals surface area (Å²) in [7, 11) is 0. The predicted octanol–water partition coefficient (Wildman–Crippen LogP) is 3.46. The van der Waals surface area contributed by atoms with E-state index in [0.717, 1.165) is 67.5 Å². The van der Waals surface area contributed by atoms with Crippen LogP contribution in [-0.2, 0) is 24.4 Å². The maximum atomic E-state index is 11.1. The number of hydrogen-bond donors (Lipinski definition) is 2. The van der Waals surface area contributed by atoms with Crippen LogP contribution < -0.4 is 15.4 Å². The van der Waals surface area contributed by atoms with E-state index in [1.165, 1.54) is 5.56 Å². The Hall–Kier alpha value is -3.93. The molecule has 8 nitrogen and oxygen atoms in total. The number of piperazine rings is 1. The average Bonchev–Trinajstić information content (AvgIpc) is 2.94. The number of carboxylic acid groups (broad SMARTS) is 1. The molecule has 1 saturated heterocycles. The molecular formula is C30H35N5O3. The molecule has 0 bridgehead atoms. The maximum absolute atomic E-state index is 11.1. The lowest BCUT2D eigenvalue weighted by molar-refractivity contribution is -0.137. The summed E-state index contributed by atoms with van der Waals surface area (Å²) >= 11 is 0. The molecule has 38 heavy (non-hydrogen) atoms. The highest BCUT2D eigenvalue weighted by Crippen LogP contribution is 2.23. The Bertz CT molecular complexity index is 1230. The number of carboxylic acids is 1. The second-order valence-corrected chi connectivity index (χ2v) is 9.41. The first-order valence-electron chi connectivity index (χ1n) is 13.0. The predicted molar refractivity (Wildman–Crippen MR) is 148 cm³/mol. The van der Waals surface area contributed by atoms with Gasteiger partial charge >= 0.3 is 5.97 Å². The summed E-state index contributed by atoms with van der Waals surface area (Å²) in [6, 6.07) is 16.1. The molecule has 8 heteroatoms. The Labute approximate surface area is 224 Å². The minimum Gasteiger partial charge on any atom is -0.489 e. The number of ether oxygens (including phenoxy) is 1. The van der Waals surface area contributed by atoms with Crippen LogP contribution in [0.3, 0.4) is 0 Å². The molecule has 1 aliphatic rings. The number of nitrogens with two attached hydrogens (primary N) is 1. The summed E-state index contributed by atoms with van der Waals surface area (Å²) in [5.41, 5.74) is 9.93. The molecule has 2 aromatic carbocycles. The van der Waals surface area contributed by atoms with E-state index < -0.39 is 5.97 Å². The van der Waals surface area contributed by atoms with Gasteiger partial charge in [-0.1, -0.05) is 42.3 Å². The highest BCUT2D eigenvalue weighted by molar-refractivity contribution is 5.69. The molecule has 3 aromatic rings. The first-order valence-corrected chi connectivity index (χ1v) is 13.0. The number of nitrogens with zero attached hydrogens (tertiary/aromatic N) is 4. The first kappa shape index (κ1) is 27.1. The number of hydrogen-bond acceptors (Lipinski definition) is 7. The fourth-order valence-electron chi connectivity index (χ4n) is 4.48. The average molecular weight is 514 g/mol. The topological polar surface area (TPSA) is 105 Å². The van der Waals surface area contributed by atoms with Gasteiger partial charge in [0.15, 0.2) is 0 Å². The van der Waals surface area contributed by atoms with Crippen molar-refractivity contribution in [1.82, 2.24) is 14.9 Å². The minimum absolute atomic E-state index is 0.0130. The van der Waals surface area contributed by atoms with Crippen LogP contribution >= 0.6 is 0 Å². The van der Waals surface area contributed by atoms with Gasteiger partial charge in [-0.2, -0.15) is 0 Å². The van der Waals surface area contributed by atoms with E-state index in [-0.39, 0.29) is 12.3 Å². The number of aliphatic carboxylic acids is 1. The lowest BCUT2D eigenvalue weighted by Crippen LogP contribution is -2.46. The van der Waals surface area contributed by atoms with Gasteiger partial charge < -0.3 is 20.5 Å². The highest BCUT2D eigenvalue weighted by atomic mass is 16.5. The third-order valence-corrected chi connectivity index (χ3v) is 6.59. The van der Waals surface area contributed by atoms with Crippen LogP contribution in [-0.4, -0.2) is 58.7 Å². The third kappa shape index (κ3) is 7.78. The Kier molecular flexibility index (Phi) is 9.68. The zero-order chi connectivity index (χ0) is 26.7. The van der Waals surface area contributed by atoms with Crippen molar-refractivity contribution in [3.63, 3.8) is 0 Å². The largest absolute Gasteiger partial charge is 0.489 e. The molecule has 198 valence electrons. The number of carbonyl (C=O) groups is 1. The summed E-state index contributed by atoms with van der Waals surface area (Å²) in [5, 5.41) is 9.12. The van der Waals surface area contributed by atoms with Crippen molar-refractivity contribution in [2.45, 2.75) is 38.8 Å². The molecule has 1 fully saturated rings. The molecule has 0 saturated carbocycles. The van der Waals surface area contributed by atoms with E-state index in [1.54, 1.807) is 6.92 Å². The number of aromatic nitrogens is 2. The highest BCUT2D eigenvalue weighted by Gasteiger charge is 2.19. The molecule has 4 rings (SSSR count). The molecule has 0 amide bonds. The summed E-state index contributed by atoms with van der Waals surface area (Å²) in [4.78, 5) is 24.8. The van der Waals surface area contributed by atoms with Crippen LogP contribution in [0.2, 0.25) is 0 Å². The van der Waals surface area contributed by atoms with Crippen LogP contribution in [0.25, 0.3) is 0 Å². The second kappa shape index (κ2) is 13.6. The number of benzene rings is 2. The van der Waals surface area contributed by atoms with Crippen LogP contribution in [0.4, 0.5) is 5.95 Å². The van der Waals surface area contributed by atoms with Crippen LogP contribution in [0.15, 0.2) is 60.9 Å². The van der Waals surface area contributed by atoms with Gasteiger partial charge in [-0.3, -0.25) is 9.69 Å². The molecule has 1 atom stereocenters. The Balaban J connectivity index is 1.23. The molecule has 0 spiro atoms. The summed E-state index contributed by atoms with van der Waals surface area (Å²) < 4.78 is 5.95.